The third kappa shape index (κ3) is 2.40. The largest absolute Gasteiger partial charge is 0.480 e. The van der Waals surface area contributed by atoms with Crippen molar-refractivity contribution < 1.29 is 19.5 Å². The minimum Gasteiger partial charge on any atom is -0.480 e. The molecule has 0 spiro atoms. The van der Waals surface area contributed by atoms with Crippen LogP contribution in [0.15, 0.2) is 17.4 Å². The van der Waals surface area contributed by atoms with Crippen molar-refractivity contribution in [1.82, 2.24) is 4.98 Å². The fraction of sp³-hybridized carbons (Fsp3) is 0.222. The molecule has 0 radical (unpaired) electrons. The van der Waals surface area contributed by atoms with Gasteiger partial charge in [0.1, 0.15) is 5.56 Å². The topological polar surface area (TPSA) is 81.0 Å². The number of ether oxygens (including phenoxy) is 2. The molecule has 6 nitrogen and oxygen atoms in total. The molecule has 1 aromatic heterocycles. The molecule has 0 amide bonds. The molecule has 0 saturated carbocycles. The van der Waals surface area contributed by atoms with Crippen molar-refractivity contribution >= 4 is 22.7 Å². The van der Waals surface area contributed by atoms with E-state index in [9.17, 15) is 4.79 Å². The van der Waals surface area contributed by atoms with Crippen LogP contribution >= 0.6 is 11.6 Å². The lowest BCUT2D eigenvalue weighted by Gasteiger charge is -2.06. The van der Waals surface area contributed by atoms with E-state index >= 15 is 0 Å². The van der Waals surface area contributed by atoms with E-state index < -0.39 is 5.97 Å². The molecule has 0 unspecified atom stereocenters. The zero-order valence-corrected chi connectivity index (χ0v) is 9.35. The monoisotopic (exact) mass is 244 g/mol. The van der Waals surface area contributed by atoms with Gasteiger partial charge < -0.3 is 14.7 Å². The van der Waals surface area contributed by atoms with E-state index in [1.165, 1.54) is 26.5 Å². The van der Waals surface area contributed by atoms with Gasteiger partial charge in [0.15, 0.2) is 5.17 Å². The highest BCUT2D eigenvalue weighted by Crippen LogP contribution is 2.18. The van der Waals surface area contributed by atoms with Crippen LogP contribution in [0.25, 0.3) is 0 Å². The molecule has 0 aliphatic carbocycles. The van der Waals surface area contributed by atoms with Crippen molar-refractivity contribution in [3.8, 4) is 5.88 Å². The summed E-state index contributed by atoms with van der Waals surface area (Å²) in [5.41, 5.74) is 0.384. The predicted octanol–water partition coefficient (Wildman–Crippen LogP) is 1.25. The van der Waals surface area contributed by atoms with Gasteiger partial charge in [0.25, 0.3) is 0 Å². The summed E-state index contributed by atoms with van der Waals surface area (Å²) in [4.78, 5) is 15.2. The number of halogens is 1. The molecule has 86 valence electrons. The lowest BCUT2D eigenvalue weighted by Crippen LogP contribution is -2.07. The molecule has 16 heavy (non-hydrogen) atoms. The van der Waals surface area contributed by atoms with Crippen molar-refractivity contribution in [3.05, 3.63) is 23.4 Å². The summed E-state index contributed by atoms with van der Waals surface area (Å²) in [6.07, 6.45) is 1.31. The van der Waals surface area contributed by atoms with Crippen LogP contribution in [0.1, 0.15) is 15.9 Å². The molecule has 0 aliphatic heterocycles. The second-order valence-electron chi connectivity index (χ2n) is 2.66. The van der Waals surface area contributed by atoms with Crippen LogP contribution in [0.4, 0.5) is 0 Å². The molecule has 0 fully saturated rings. The molecule has 0 bridgehead atoms. The van der Waals surface area contributed by atoms with Crippen molar-refractivity contribution in [1.29, 1.82) is 0 Å². The first-order valence-corrected chi connectivity index (χ1v) is 4.52. The summed E-state index contributed by atoms with van der Waals surface area (Å²) in [5, 5.41) is 11.1. The minimum absolute atomic E-state index is 0.101. The molecule has 1 heterocycles. The van der Waals surface area contributed by atoms with Gasteiger partial charge in [0.2, 0.25) is 5.88 Å². The summed E-state index contributed by atoms with van der Waals surface area (Å²) in [6.45, 7) is 0. The third-order valence-electron chi connectivity index (χ3n) is 1.78. The van der Waals surface area contributed by atoms with E-state index in [4.69, 9.17) is 21.5 Å². The van der Waals surface area contributed by atoms with Gasteiger partial charge in [-0.3, -0.25) is 0 Å². The fourth-order valence-corrected chi connectivity index (χ4v) is 1.14. The SMILES string of the molecule is COC(=O)c1cc(/C(Cl)=N/O)cnc1OC. The number of esters is 1. The Bertz CT molecular complexity index is 434. The van der Waals surface area contributed by atoms with Gasteiger partial charge in [-0.1, -0.05) is 16.8 Å². The lowest BCUT2D eigenvalue weighted by molar-refractivity contribution is 0.0596. The second-order valence-corrected chi connectivity index (χ2v) is 3.02. The standard InChI is InChI=1S/C9H9ClN2O4/c1-15-8-6(9(13)16-2)3-5(4-11-8)7(10)12-14/h3-4,14H,1-2H3/b12-7-. The number of oxime groups is 1. The summed E-state index contributed by atoms with van der Waals surface area (Å²) in [5.74, 6) is -0.508. The molecule has 0 aromatic carbocycles. The second kappa shape index (κ2) is 5.32. The summed E-state index contributed by atoms with van der Waals surface area (Å²) >= 11 is 5.57. The molecule has 0 aliphatic rings. The van der Waals surface area contributed by atoms with Crippen LogP contribution in [-0.4, -0.2) is 35.6 Å². The third-order valence-corrected chi connectivity index (χ3v) is 2.07. The first-order chi connectivity index (χ1) is 7.63. The first-order valence-electron chi connectivity index (χ1n) is 4.14. The Morgan fingerprint density at radius 2 is 2.25 bits per heavy atom. The van der Waals surface area contributed by atoms with Gasteiger partial charge in [-0.05, 0) is 6.07 Å². The summed E-state index contributed by atoms with van der Waals surface area (Å²) in [7, 11) is 2.60. The van der Waals surface area contributed by atoms with E-state index in [2.05, 4.69) is 14.9 Å². The van der Waals surface area contributed by atoms with Crippen LogP contribution in [0.2, 0.25) is 0 Å². The Hall–Kier alpha value is -1.82. The fourth-order valence-electron chi connectivity index (χ4n) is 1.04. The Labute approximate surface area is 96.4 Å². The molecular weight excluding hydrogens is 236 g/mol. The number of aromatic nitrogens is 1. The predicted molar refractivity (Wildman–Crippen MR) is 56.3 cm³/mol. The molecule has 0 saturated heterocycles. The maximum Gasteiger partial charge on any atom is 0.343 e. The number of rotatable bonds is 3. The average molecular weight is 245 g/mol. The highest BCUT2D eigenvalue weighted by Gasteiger charge is 2.16. The maximum atomic E-state index is 11.4. The number of hydrogen-bond donors (Lipinski definition) is 1. The number of hydrogen-bond acceptors (Lipinski definition) is 6. The Balaban J connectivity index is 3.26. The van der Waals surface area contributed by atoms with Crippen molar-refractivity contribution in [2.75, 3.05) is 14.2 Å². The Morgan fingerprint density at radius 3 is 2.75 bits per heavy atom. The van der Waals surface area contributed by atoms with E-state index in [0.29, 0.717) is 0 Å². The molecule has 0 atom stereocenters. The normalized spacial score (nSPS) is 11.1. The van der Waals surface area contributed by atoms with Crippen LogP contribution in [0.3, 0.4) is 0 Å². The van der Waals surface area contributed by atoms with Gasteiger partial charge >= 0.3 is 5.97 Å². The van der Waals surface area contributed by atoms with Crippen LogP contribution in [0, 0.1) is 0 Å². The maximum absolute atomic E-state index is 11.4. The van der Waals surface area contributed by atoms with Gasteiger partial charge in [-0.15, -0.1) is 0 Å². The van der Waals surface area contributed by atoms with Crippen LogP contribution in [-0.2, 0) is 4.74 Å². The number of pyridine rings is 1. The van der Waals surface area contributed by atoms with E-state index in [-0.39, 0.29) is 22.2 Å². The number of methoxy groups -OCH3 is 2. The van der Waals surface area contributed by atoms with E-state index in [0.717, 1.165) is 0 Å². The lowest BCUT2D eigenvalue weighted by atomic mass is 10.2. The first kappa shape index (κ1) is 12.3. The van der Waals surface area contributed by atoms with E-state index in [1.54, 1.807) is 0 Å². The average Bonchev–Trinajstić information content (AvgIpc) is 2.35. The van der Waals surface area contributed by atoms with Crippen LogP contribution in [0.5, 0.6) is 5.88 Å². The smallest absolute Gasteiger partial charge is 0.343 e. The summed E-state index contributed by atoms with van der Waals surface area (Å²) < 4.78 is 9.42. The number of nitrogens with zero attached hydrogens (tertiary/aromatic N) is 2. The van der Waals surface area contributed by atoms with Crippen molar-refractivity contribution in [2.45, 2.75) is 0 Å². The van der Waals surface area contributed by atoms with Crippen molar-refractivity contribution in [3.63, 3.8) is 0 Å². The van der Waals surface area contributed by atoms with Gasteiger partial charge in [-0.25, -0.2) is 9.78 Å². The summed E-state index contributed by atoms with van der Waals surface area (Å²) in [6, 6.07) is 1.36. The zero-order valence-electron chi connectivity index (χ0n) is 8.60. The zero-order chi connectivity index (χ0) is 12.1. The Morgan fingerprint density at radius 1 is 1.56 bits per heavy atom. The number of carbonyl (C=O) groups is 1. The molecule has 1 aromatic rings. The van der Waals surface area contributed by atoms with E-state index in [1.807, 2.05) is 0 Å². The highest BCUT2D eigenvalue weighted by molar-refractivity contribution is 6.69. The van der Waals surface area contributed by atoms with Crippen molar-refractivity contribution in [2.24, 2.45) is 5.16 Å². The molecular formula is C9H9ClN2O4. The van der Waals surface area contributed by atoms with Gasteiger partial charge in [-0.2, -0.15) is 0 Å². The highest BCUT2D eigenvalue weighted by atomic mass is 35.5. The van der Waals surface area contributed by atoms with Gasteiger partial charge in [0.05, 0.1) is 14.2 Å². The molecule has 1 rings (SSSR count). The minimum atomic E-state index is -0.617. The molecule has 1 N–H and O–H groups in total. The van der Waals surface area contributed by atoms with Crippen LogP contribution < -0.4 is 4.74 Å². The number of carbonyl (C=O) groups excluding carboxylic acids is 1. The molecule has 7 heteroatoms. The van der Waals surface area contributed by atoms with Gasteiger partial charge in [0, 0.05) is 11.8 Å². The Kier molecular flexibility index (Phi) is 4.07. The quantitative estimate of drug-likeness (QED) is 0.375.